The summed E-state index contributed by atoms with van der Waals surface area (Å²) in [7, 11) is 0. The van der Waals surface area contributed by atoms with Gasteiger partial charge in [0.25, 0.3) is 0 Å². The van der Waals surface area contributed by atoms with Crippen molar-refractivity contribution < 1.29 is 4.79 Å². The van der Waals surface area contributed by atoms with E-state index in [1.54, 1.807) is 0 Å². The molecule has 0 aromatic heterocycles. The molecule has 2 aliphatic heterocycles. The van der Waals surface area contributed by atoms with Crippen LogP contribution in [0.3, 0.4) is 0 Å². The molecule has 2 heteroatoms. The molecule has 0 saturated carbocycles. The summed E-state index contributed by atoms with van der Waals surface area (Å²) in [5, 5.41) is 2.60. The topological polar surface area (TPSA) is 20.3 Å². The van der Waals surface area contributed by atoms with Gasteiger partial charge in [0.1, 0.15) is 5.78 Å². The Labute approximate surface area is 113 Å². The van der Waals surface area contributed by atoms with Gasteiger partial charge in [0, 0.05) is 32.0 Å². The Kier molecular flexibility index (Phi) is 2.46. The lowest BCUT2D eigenvalue weighted by molar-refractivity contribution is -0.126. The highest BCUT2D eigenvalue weighted by atomic mass is 16.1. The highest BCUT2D eigenvalue weighted by Crippen LogP contribution is 2.29. The molecule has 4 rings (SSSR count). The Balaban J connectivity index is 1.86. The van der Waals surface area contributed by atoms with Crippen molar-refractivity contribution in [3.05, 3.63) is 47.5 Å². The third-order valence-electron chi connectivity index (χ3n) is 4.54. The molecule has 0 spiro atoms. The molecule has 19 heavy (non-hydrogen) atoms. The van der Waals surface area contributed by atoms with Crippen molar-refractivity contribution in [2.24, 2.45) is 5.92 Å². The van der Waals surface area contributed by atoms with E-state index in [0.29, 0.717) is 5.78 Å². The zero-order valence-electron chi connectivity index (χ0n) is 10.9. The molecular weight excluding hydrogens is 234 g/mol. The van der Waals surface area contributed by atoms with E-state index in [0.717, 1.165) is 32.5 Å². The minimum absolute atomic E-state index is 0.219. The van der Waals surface area contributed by atoms with E-state index in [1.165, 1.54) is 21.9 Å². The summed E-state index contributed by atoms with van der Waals surface area (Å²) in [4.78, 5) is 14.4. The molecule has 2 heterocycles. The maximum Gasteiger partial charge on any atom is 0.138 e. The van der Waals surface area contributed by atoms with E-state index in [2.05, 4.69) is 41.3 Å². The van der Waals surface area contributed by atoms with Crippen molar-refractivity contribution in [3.63, 3.8) is 0 Å². The minimum Gasteiger partial charge on any atom is -0.299 e. The molecule has 2 bridgehead atoms. The Morgan fingerprint density at radius 2 is 1.79 bits per heavy atom. The van der Waals surface area contributed by atoms with Crippen LogP contribution in [0.1, 0.15) is 17.5 Å². The second-order valence-electron chi connectivity index (χ2n) is 5.82. The monoisotopic (exact) mass is 251 g/mol. The Morgan fingerprint density at radius 3 is 2.58 bits per heavy atom. The van der Waals surface area contributed by atoms with Gasteiger partial charge in [-0.05, 0) is 34.4 Å². The molecule has 2 aromatic rings. The maximum atomic E-state index is 12.0. The van der Waals surface area contributed by atoms with Gasteiger partial charge in [-0.15, -0.1) is 0 Å². The van der Waals surface area contributed by atoms with E-state index < -0.39 is 0 Å². The normalized spacial score (nSPS) is 26.0. The summed E-state index contributed by atoms with van der Waals surface area (Å²) in [6.45, 7) is 2.88. The molecule has 2 aliphatic rings. The number of hydrogen-bond acceptors (Lipinski definition) is 2. The highest BCUT2D eigenvalue weighted by molar-refractivity contribution is 5.85. The number of carbonyl (C=O) groups is 1. The van der Waals surface area contributed by atoms with Crippen LogP contribution in [0.25, 0.3) is 10.8 Å². The number of piperidine rings is 1. The van der Waals surface area contributed by atoms with Gasteiger partial charge in [-0.1, -0.05) is 30.3 Å². The first-order valence-corrected chi connectivity index (χ1v) is 7.05. The number of rotatable bonds is 0. The second-order valence-corrected chi connectivity index (χ2v) is 5.82. The van der Waals surface area contributed by atoms with Crippen LogP contribution >= 0.6 is 0 Å². The SMILES string of the molecule is O=C1CCN2Cc3cc4ccccc4cc3CC1C2. The van der Waals surface area contributed by atoms with Crippen LogP contribution in [-0.4, -0.2) is 23.8 Å². The Morgan fingerprint density at radius 1 is 1.05 bits per heavy atom. The first kappa shape index (κ1) is 11.2. The quantitative estimate of drug-likeness (QED) is 0.717. The van der Waals surface area contributed by atoms with Gasteiger partial charge in [0.15, 0.2) is 0 Å². The number of carbonyl (C=O) groups excluding carboxylic acids is 1. The second kappa shape index (κ2) is 4.17. The first-order valence-electron chi connectivity index (χ1n) is 7.05. The molecule has 2 aromatic carbocycles. The summed E-state index contributed by atoms with van der Waals surface area (Å²) in [5.74, 6) is 0.674. The number of hydrogen-bond donors (Lipinski definition) is 0. The number of nitrogens with zero attached hydrogens (tertiary/aromatic N) is 1. The molecule has 1 fully saturated rings. The standard InChI is InChI=1S/C17H17NO/c19-17-5-6-18-10-15-8-13-4-2-1-3-12(13)7-14(15)9-16(17)11-18/h1-4,7-8,16H,5-6,9-11H2. The summed E-state index contributed by atoms with van der Waals surface area (Å²) in [6.07, 6.45) is 1.66. The van der Waals surface area contributed by atoms with Crippen LogP contribution in [0.2, 0.25) is 0 Å². The molecule has 2 atom stereocenters. The van der Waals surface area contributed by atoms with Gasteiger partial charge < -0.3 is 0 Å². The van der Waals surface area contributed by atoms with Crippen LogP contribution in [0.4, 0.5) is 0 Å². The van der Waals surface area contributed by atoms with Gasteiger partial charge >= 0.3 is 0 Å². The average Bonchev–Trinajstić information content (AvgIpc) is 2.57. The summed E-state index contributed by atoms with van der Waals surface area (Å²) < 4.78 is 0. The summed E-state index contributed by atoms with van der Waals surface area (Å²) in [6, 6.07) is 13.1. The van der Waals surface area contributed by atoms with Crippen molar-refractivity contribution >= 4 is 16.6 Å². The third-order valence-corrected chi connectivity index (χ3v) is 4.54. The number of Topliss-reactive ketones (excluding diaryl/α,β-unsaturated/α-hetero) is 1. The molecule has 0 amide bonds. The zero-order valence-corrected chi connectivity index (χ0v) is 10.9. The van der Waals surface area contributed by atoms with Crippen LogP contribution in [0.5, 0.6) is 0 Å². The largest absolute Gasteiger partial charge is 0.299 e. The highest BCUT2D eigenvalue weighted by Gasteiger charge is 2.30. The molecule has 96 valence electrons. The van der Waals surface area contributed by atoms with E-state index >= 15 is 0 Å². The van der Waals surface area contributed by atoms with Crippen LogP contribution in [-0.2, 0) is 17.8 Å². The third kappa shape index (κ3) is 1.87. The molecule has 2 unspecified atom stereocenters. The number of fused-ring (bicyclic) bond motifs is 4. The van der Waals surface area contributed by atoms with Crippen molar-refractivity contribution in [2.75, 3.05) is 13.1 Å². The molecule has 0 radical (unpaired) electrons. The van der Waals surface area contributed by atoms with E-state index in [-0.39, 0.29) is 5.92 Å². The van der Waals surface area contributed by atoms with Gasteiger partial charge in [0.2, 0.25) is 0 Å². The van der Waals surface area contributed by atoms with Gasteiger partial charge in [-0.2, -0.15) is 0 Å². The number of benzene rings is 2. The predicted molar refractivity (Wildman–Crippen MR) is 76.0 cm³/mol. The fraction of sp³-hybridized carbons (Fsp3) is 0.353. The van der Waals surface area contributed by atoms with Crippen molar-refractivity contribution in [1.29, 1.82) is 0 Å². The summed E-state index contributed by atoms with van der Waals surface area (Å²) >= 11 is 0. The van der Waals surface area contributed by atoms with Crippen molar-refractivity contribution in [1.82, 2.24) is 4.90 Å². The summed E-state index contributed by atoms with van der Waals surface area (Å²) in [5.41, 5.74) is 2.79. The Hall–Kier alpha value is -1.67. The molecule has 0 N–H and O–H groups in total. The van der Waals surface area contributed by atoms with Gasteiger partial charge in [-0.25, -0.2) is 0 Å². The smallest absolute Gasteiger partial charge is 0.138 e. The fourth-order valence-electron chi connectivity index (χ4n) is 3.48. The molecular formula is C17H17NO. The first-order chi connectivity index (χ1) is 9.29. The molecule has 1 saturated heterocycles. The maximum absolute atomic E-state index is 12.0. The van der Waals surface area contributed by atoms with Crippen molar-refractivity contribution in [3.8, 4) is 0 Å². The van der Waals surface area contributed by atoms with Crippen LogP contribution in [0, 0.1) is 5.92 Å². The molecule has 0 aliphatic carbocycles. The average molecular weight is 251 g/mol. The van der Waals surface area contributed by atoms with Crippen LogP contribution in [0.15, 0.2) is 36.4 Å². The lowest BCUT2D eigenvalue weighted by Crippen LogP contribution is -2.39. The van der Waals surface area contributed by atoms with E-state index in [9.17, 15) is 4.79 Å². The predicted octanol–water partition coefficient (Wildman–Crippen LogP) is 2.79. The minimum atomic E-state index is 0.219. The van der Waals surface area contributed by atoms with Gasteiger partial charge in [0.05, 0.1) is 0 Å². The molecule has 2 nitrogen and oxygen atoms in total. The van der Waals surface area contributed by atoms with Crippen molar-refractivity contribution in [2.45, 2.75) is 19.4 Å². The van der Waals surface area contributed by atoms with Gasteiger partial charge in [-0.3, -0.25) is 9.69 Å². The lowest BCUT2D eigenvalue weighted by Gasteiger charge is -2.28. The number of ketones is 1. The fourth-order valence-corrected chi connectivity index (χ4v) is 3.48. The van der Waals surface area contributed by atoms with E-state index in [1.807, 2.05) is 0 Å². The van der Waals surface area contributed by atoms with E-state index in [4.69, 9.17) is 0 Å². The Bertz CT molecular complexity index is 661. The zero-order chi connectivity index (χ0) is 12.8. The lowest BCUT2D eigenvalue weighted by atomic mass is 9.90. The van der Waals surface area contributed by atoms with Crippen LogP contribution < -0.4 is 0 Å².